The molecule has 0 spiro atoms. The normalized spacial score (nSPS) is 24.4. The summed E-state index contributed by atoms with van der Waals surface area (Å²) < 4.78 is 0. The lowest BCUT2D eigenvalue weighted by atomic mass is 9.49. The lowest BCUT2D eigenvalue weighted by molar-refractivity contribution is -0.214. The Morgan fingerprint density at radius 1 is 0.204 bits per heavy atom. The van der Waals surface area contributed by atoms with Gasteiger partial charge in [-0.05, 0) is 12.8 Å². The summed E-state index contributed by atoms with van der Waals surface area (Å²) in [5, 5.41) is 64.5. The van der Waals surface area contributed by atoms with E-state index >= 15 is 0 Å². The highest BCUT2D eigenvalue weighted by Crippen LogP contribution is 2.56. The third-order valence-electron chi connectivity index (χ3n) is 12.8. The van der Waals surface area contributed by atoms with Crippen LogP contribution in [0, 0.1) is 16.2 Å². The van der Waals surface area contributed by atoms with Gasteiger partial charge in [-0.2, -0.15) is 0 Å². The molecule has 1 aliphatic rings. The average molecular weight is 699 g/mol. The first-order valence-electron chi connectivity index (χ1n) is 21.7. The van der Waals surface area contributed by atoms with E-state index in [0.717, 1.165) is 38.5 Å². The zero-order valence-corrected chi connectivity index (χ0v) is 32.5. The van der Waals surface area contributed by atoms with Crippen molar-refractivity contribution in [2.24, 2.45) is 16.2 Å². The Kier molecular flexibility index (Phi) is 29.9. The van der Waals surface area contributed by atoms with Gasteiger partial charge in [0.05, 0.1) is 39.6 Å². The monoisotopic (exact) mass is 699 g/mol. The molecule has 0 atom stereocenters. The maximum absolute atomic E-state index is 10.8. The van der Waals surface area contributed by atoms with Gasteiger partial charge in [0.1, 0.15) is 0 Å². The van der Waals surface area contributed by atoms with Gasteiger partial charge in [-0.1, -0.05) is 205 Å². The molecule has 1 aliphatic carbocycles. The van der Waals surface area contributed by atoms with Crippen molar-refractivity contribution in [3.8, 4) is 0 Å². The fraction of sp³-hybridized carbons (Fsp3) is 1.00. The minimum Gasteiger partial charge on any atom is -0.396 e. The van der Waals surface area contributed by atoms with Crippen LogP contribution in [0.1, 0.15) is 218 Å². The van der Waals surface area contributed by atoms with Crippen LogP contribution in [0.2, 0.25) is 0 Å². The molecule has 1 saturated carbocycles. The second-order valence-electron chi connectivity index (χ2n) is 16.4. The number of aliphatic hydroxyl groups excluding tert-OH is 6. The predicted octanol–water partition coefficient (Wildman–Crippen LogP) is 10.2. The molecule has 0 aromatic heterocycles. The minimum atomic E-state index is -1.40. The van der Waals surface area contributed by atoms with Gasteiger partial charge in [0.2, 0.25) is 0 Å². The summed E-state index contributed by atoms with van der Waals surface area (Å²) in [6.07, 6.45) is 41.7. The Balaban J connectivity index is 2.67. The molecule has 6 nitrogen and oxygen atoms in total. The fourth-order valence-electron chi connectivity index (χ4n) is 9.01. The molecule has 0 aromatic carbocycles. The van der Waals surface area contributed by atoms with E-state index in [1.165, 1.54) is 167 Å². The third-order valence-corrected chi connectivity index (χ3v) is 12.8. The summed E-state index contributed by atoms with van der Waals surface area (Å²) in [4.78, 5) is 0. The van der Waals surface area contributed by atoms with Gasteiger partial charge in [-0.15, -0.1) is 0 Å². The molecular weight excluding hydrogens is 612 g/mol. The standard InChI is InChI=1S/C43H86O6/c44-35-41(36-45)33-31-29-27-25-23-21-19-17-15-13-11-9-7-5-3-1-2-4-6-8-10-12-14-16-18-20-22-24-26-28-30-32-34-42(37-46,38-47)43(41,39-48)40-49/h44-49H,1-40H2. The van der Waals surface area contributed by atoms with Crippen molar-refractivity contribution in [3.63, 3.8) is 0 Å². The van der Waals surface area contributed by atoms with Gasteiger partial charge in [0, 0.05) is 16.2 Å². The van der Waals surface area contributed by atoms with Gasteiger partial charge in [-0.25, -0.2) is 0 Å². The van der Waals surface area contributed by atoms with Gasteiger partial charge in [0.25, 0.3) is 0 Å². The molecule has 0 radical (unpaired) electrons. The van der Waals surface area contributed by atoms with Crippen molar-refractivity contribution in [1.82, 2.24) is 0 Å². The lowest BCUT2D eigenvalue weighted by Gasteiger charge is -2.57. The van der Waals surface area contributed by atoms with Crippen molar-refractivity contribution in [1.29, 1.82) is 0 Å². The van der Waals surface area contributed by atoms with E-state index in [-0.39, 0.29) is 0 Å². The van der Waals surface area contributed by atoms with Crippen molar-refractivity contribution in [2.75, 3.05) is 39.6 Å². The maximum atomic E-state index is 10.8. The smallest absolute Gasteiger partial charge is 0.0523 e. The molecule has 0 amide bonds. The molecule has 0 bridgehead atoms. The number of aliphatic hydroxyl groups is 6. The van der Waals surface area contributed by atoms with E-state index in [0.29, 0.717) is 12.8 Å². The molecule has 6 heteroatoms. The van der Waals surface area contributed by atoms with Gasteiger partial charge in [0.15, 0.2) is 0 Å². The summed E-state index contributed by atoms with van der Waals surface area (Å²) in [5.74, 6) is 0. The Morgan fingerprint density at radius 2 is 0.347 bits per heavy atom. The molecular formula is C43H86O6. The first-order chi connectivity index (χ1) is 24.1. The molecule has 1 fully saturated rings. The predicted molar refractivity (Wildman–Crippen MR) is 207 cm³/mol. The summed E-state index contributed by atoms with van der Waals surface area (Å²) in [7, 11) is 0. The van der Waals surface area contributed by atoms with E-state index in [4.69, 9.17) is 0 Å². The molecule has 0 aliphatic heterocycles. The van der Waals surface area contributed by atoms with Crippen molar-refractivity contribution in [3.05, 3.63) is 0 Å². The summed E-state index contributed by atoms with van der Waals surface area (Å²) in [6, 6.07) is 0. The summed E-state index contributed by atoms with van der Waals surface area (Å²) in [6.45, 7) is -2.66. The molecule has 0 aromatic rings. The maximum Gasteiger partial charge on any atom is 0.0523 e. The molecule has 49 heavy (non-hydrogen) atoms. The molecule has 0 saturated heterocycles. The number of rotatable bonds is 6. The largest absolute Gasteiger partial charge is 0.396 e. The SMILES string of the molecule is OCC1(CO)CCCCCCCCCCCCCCCCCCCCCCCCCCCCCCCCCCC(CO)(CO)C1(CO)CO. The summed E-state index contributed by atoms with van der Waals surface area (Å²) in [5.41, 5.74) is -3.80. The molecule has 0 heterocycles. The van der Waals surface area contributed by atoms with E-state index in [1.54, 1.807) is 0 Å². The third kappa shape index (κ3) is 17.9. The van der Waals surface area contributed by atoms with Crippen LogP contribution in [0.5, 0.6) is 0 Å². The van der Waals surface area contributed by atoms with Gasteiger partial charge in [-0.3, -0.25) is 0 Å². The van der Waals surface area contributed by atoms with E-state index in [9.17, 15) is 30.6 Å². The van der Waals surface area contributed by atoms with Crippen LogP contribution in [0.15, 0.2) is 0 Å². The zero-order valence-electron chi connectivity index (χ0n) is 32.5. The second kappa shape index (κ2) is 31.3. The van der Waals surface area contributed by atoms with Crippen LogP contribution in [0.25, 0.3) is 0 Å². The Hall–Kier alpha value is -0.240. The van der Waals surface area contributed by atoms with Crippen LogP contribution in [-0.4, -0.2) is 70.3 Å². The molecule has 0 unspecified atom stereocenters. The Bertz CT molecular complexity index is 634. The second-order valence-corrected chi connectivity index (χ2v) is 16.4. The number of hydrogen-bond acceptors (Lipinski definition) is 6. The minimum absolute atomic E-state index is 0.410. The van der Waals surface area contributed by atoms with Crippen molar-refractivity contribution < 1.29 is 30.6 Å². The topological polar surface area (TPSA) is 121 Å². The average Bonchev–Trinajstić information content (AvgIpc) is 3.13. The fourth-order valence-corrected chi connectivity index (χ4v) is 9.01. The van der Waals surface area contributed by atoms with Crippen LogP contribution in [0.4, 0.5) is 0 Å². The van der Waals surface area contributed by atoms with E-state index < -0.39 is 55.9 Å². The van der Waals surface area contributed by atoms with Gasteiger partial charge < -0.3 is 30.6 Å². The van der Waals surface area contributed by atoms with E-state index in [1.807, 2.05) is 0 Å². The highest BCUT2D eigenvalue weighted by atomic mass is 16.3. The van der Waals surface area contributed by atoms with Crippen LogP contribution < -0.4 is 0 Å². The molecule has 1 rings (SSSR count). The van der Waals surface area contributed by atoms with Gasteiger partial charge >= 0.3 is 0 Å². The molecule has 6 N–H and O–H groups in total. The lowest BCUT2D eigenvalue weighted by Crippen LogP contribution is -2.64. The zero-order chi connectivity index (χ0) is 35.8. The highest BCUT2D eigenvalue weighted by Gasteiger charge is 2.61. The Labute approximate surface area is 304 Å². The van der Waals surface area contributed by atoms with Crippen LogP contribution >= 0.6 is 0 Å². The highest BCUT2D eigenvalue weighted by molar-refractivity contribution is 5.08. The van der Waals surface area contributed by atoms with Crippen molar-refractivity contribution in [2.45, 2.75) is 218 Å². The quantitative estimate of drug-likeness (QED) is 0.164. The van der Waals surface area contributed by atoms with Crippen molar-refractivity contribution >= 4 is 0 Å². The first kappa shape index (κ1) is 46.8. The van der Waals surface area contributed by atoms with E-state index in [2.05, 4.69) is 0 Å². The van der Waals surface area contributed by atoms with Crippen LogP contribution in [0.3, 0.4) is 0 Å². The number of hydrogen-bond donors (Lipinski definition) is 6. The molecule has 294 valence electrons. The van der Waals surface area contributed by atoms with Crippen LogP contribution in [-0.2, 0) is 0 Å². The first-order valence-corrected chi connectivity index (χ1v) is 21.7. The summed E-state index contributed by atoms with van der Waals surface area (Å²) >= 11 is 0. The Morgan fingerprint density at radius 3 is 0.469 bits per heavy atom.